The van der Waals surface area contributed by atoms with Gasteiger partial charge in [-0.2, -0.15) is 0 Å². The van der Waals surface area contributed by atoms with Crippen LogP contribution in [0.2, 0.25) is 0 Å². The maximum absolute atomic E-state index is 14.4. The van der Waals surface area contributed by atoms with Gasteiger partial charge in [-0.25, -0.2) is 4.39 Å². The van der Waals surface area contributed by atoms with Crippen LogP contribution in [0.5, 0.6) is 0 Å². The van der Waals surface area contributed by atoms with Crippen molar-refractivity contribution in [2.75, 3.05) is 13.7 Å². The molecule has 0 N–H and O–H groups in total. The van der Waals surface area contributed by atoms with Crippen molar-refractivity contribution in [1.82, 2.24) is 4.90 Å². The van der Waals surface area contributed by atoms with Crippen LogP contribution in [-0.2, 0) is 21.4 Å². The molecule has 0 heterocycles. The molecule has 2 aliphatic carbocycles. The van der Waals surface area contributed by atoms with E-state index in [2.05, 4.69) is 55.8 Å². The Hall–Kier alpha value is -2.64. The Morgan fingerprint density at radius 2 is 1.81 bits per heavy atom. The molecule has 2 aromatic rings. The fourth-order valence-electron chi connectivity index (χ4n) is 4.74. The van der Waals surface area contributed by atoms with Crippen LogP contribution in [0.15, 0.2) is 36.4 Å². The van der Waals surface area contributed by atoms with E-state index in [-0.39, 0.29) is 11.8 Å². The molecule has 2 aliphatic rings. The maximum atomic E-state index is 14.4. The zero-order valence-electron chi connectivity index (χ0n) is 19.5. The second-order valence-corrected chi connectivity index (χ2v) is 9.68. The molecule has 1 fully saturated rings. The highest BCUT2D eigenvalue weighted by Gasteiger charge is 2.38. The molecule has 1 atom stereocenters. The highest BCUT2D eigenvalue weighted by molar-refractivity contribution is 5.72. The van der Waals surface area contributed by atoms with Crippen LogP contribution in [0.1, 0.15) is 80.3 Å². The van der Waals surface area contributed by atoms with Gasteiger partial charge in [0.15, 0.2) is 0 Å². The van der Waals surface area contributed by atoms with Gasteiger partial charge in [-0.1, -0.05) is 37.8 Å². The molecule has 0 aliphatic heterocycles. The Morgan fingerprint density at radius 1 is 1.12 bits per heavy atom. The summed E-state index contributed by atoms with van der Waals surface area (Å²) in [6.45, 7) is 6.65. The fourth-order valence-corrected chi connectivity index (χ4v) is 4.74. The quantitative estimate of drug-likeness (QED) is 0.458. The zero-order valence-corrected chi connectivity index (χ0v) is 19.5. The number of ether oxygens (including phenoxy) is 1. The summed E-state index contributed by atoms with van der Waals surface area (Å²) in [4.78, 5) is 14.2. The average molecular weight is 434 g/mol. The average Bonchev–Trinajstić information content (AvgIpc) is 3.59. The summed E-state index contributed by atoms with van der Waals surface area (Å²) < 4.78 is 19.3. The number of esters is 1. The van der Waals surface area contributed by atoms with E-state index in [0.717, 1.165) is 18.0 Å². The maximum Gasteiger partial charge on any atom is 0.310 e. The first-order valence-corrected chi connectivity index (χ1v) is 11.6. The van der Waals surface area contributed by atoms with Crippen molar-refractivity contribution >= 4 is 5.97 Å². The highest BCUT2D eigenvalue weighted by atomic mass is 19.1. The summed E-state index contributed by atoms with van der Waals surface area (Å²) in [5, 5.41) is 0. The summed E-state index contributed by atoms with van der Waals surface area (Å²) in [6, 6.07) is 12.5. The van der Waals surface area contributed by atoms with Crippen molar-refractivity contribution in [2.24, 2.45) is 0 Å². The Labute approximate surface area is 191 Å². The lowest BCUT2D eigenvalue weighted by Crippen LogP contribution is -2.35. The SMILES string of the molecule is CCOC(=O)Cc1ccc(C#Cc2ccc3c(c2)C(C)(C)CCC3N(C)C2CC2)cc1F. The standard InChI is InChI=1S/C28H32FNO2/c1-5-32-27(31)18-21-10-8-20(17-25(21)29)7-6-19-9-13-23-24(16-19)28(2,3)15-14-26(23)30(4)22-11-12-22/h8-10,13,16-17,22,26H,5,11-12,14-15,18H2,1-4H3. The fraction of sp³-hybridized carbons (Fsp3) is 0.464. The van der Waals surface area contributed by atoms with Crippen molar-refractivity contribution in [3.05, 3.63) is 70.0 Å². The minimum absolute atomic E-state index is 0.0657. The van der Waals surface area contributed by atoms with Crippen LogP contribution in [0.25, 0.3) is 0 Å². The monoisotopic (exact) mass is 433 g/mol. The number of carbonyl (C=O) groups is 1. The molecule has 1 unspecified atom stereocenters. The molecule has 0 amide bonds. The number of hydrogen-bond acceptors (Lipinski definition) is 3. The second-order valence-electron chi connectivity index (χ2n) is 9.68. The van der Waals surface area contributed by atoms with Crippen LogP contribution in [0.3, 0.4) is 0 Å². The molecule has 0 aromatic heterocycles. The molecule has 32 heavy (non-hydrogen) atoms. The van der Waals surface area contributed by atoms with E-state index >= 15 is 0 Å². The molecule has 168 valence electrons. The summed E-state index contributed by atoms with van der Waals surface area (Å²) in [5.41, 5.74) is 4.80. The van der Waals surface area contributed by atoms with Crippen LogP contribution >= 0.6 is 0 Å². The minimum atomic E-state index is -0.428. The van der Waals surface area contributed by atoms with Gasteiger partial charge in [0.1, 0.15) is 5.82 Å². The molecule has 3 nitrogen and oxygen atoms in total. The van der Waals surface area contributed by atoms with Crippen LogP contribution < -0.4 is 0 Å². The lowest BCUT2D eigenvalue weighted by molar-refractivity contribution is -0.142. The Morgan fingerprint density at radius 3 is 2.47 bits per heavy atom. The van der Waals surface area contributed by atoms with Crippen molar-refractivity contribution in [2.45, 2.75) is 70.4 Å². The second kappa shape index (κ2) is 9.08. The third-order valence-corrected chi connectivity index (χ3v) is 6.84. The van der Waals surface area contributed by atoms with E-state index < -0.39 is 11.8 Å². The van der Waals surface area contributed by atoms with Crippen molar-refractivity contribution < 1.29 is 13.9 Å². The third kappa shape index (κ3) is 4.89. The van der Waals surface area contributed by atoms with Gasteiger partial charge in [0.05, 0.1) is 13.0 Å². The number of fused-ring (bicyclic) bond motifs is 1. The number of rotatable bonds is 5. The van der Waals surface area contributed by atoms with E-state index in [9.17, 15) is 9.18 Å². The van der Waals surface area contributed by atoms with Crippen LogP contribution in [-0.4, -0.2) is 30.6 Å². The first-order chi connectivity index (χ1) is 15.3. The molecular formula is C28H32FNO2. The smallest absolute Gasteiger partial charge is 0.310 e. The highest BCUT2D eigenvalue weighted by Crippen LogP contribution is 2.46. The summed E-state index contributed by atoms with van der Waals surface area (Å²) in [5.74, 6) is 5.45. The Kier molecular flexibility index (Phi) is 6.40. The molecule has 0 saturated heterocycles. The van der Waals surface area contributed by atoms with Gasteiger partial charge >= 0.3 is 5.97 Å². The lowest BCUT2D eigenvalue weighted by Gasteiger charge is -2.41. The molecule has 4 rings (SSSR count). The molecule has 2 aromatic carbocycles. The van der Waals surface area contributed by atoms with Gasteiger partial charge < -0.3 is 4.74 Å². The van der Waals surface area contributed by atoms with E-state index in [1.54, 1.807) is 19.1 Å². The number of halogens is 1. The number of benzene rings is 2. The summed E-state index contributed by atoms with van der Waals surface area (Å²) >= 11 is 0. The van der Waals surface area contributed by atoms with E-state index in [4.69, 9.17) is 4.74 Å². The normalized spacial score (nSPS) is 19.1. The van der Waals surface area contributed by atoms with Gasteiger partial charge in [-0.15, -0.1) is 0 Å². The van der Waals surface area contributed by atoms with Gasteiger partial charge in [-0.3, -0.25) is 9.69 Å². The third-order valence-electron chi connectivity index (χ3n) is 6.84. The summed E-state index contributed by atoms with van der Waals surface area (Å²) in [6.07, 6.45) is 4.90. The van der Waals surface area contributed by atoms with Crippen LogP contribution in [0, 0.1) is 17.7 Å². The topological polar surface area (TPSA) is 29.5 Å². The molecule has 1 saturated carbocycles. The van der Waals surface area contributed by atoms with Gasteiger partial charge in [0.2, 0.25) is 0 Å². The molecule has 0 radical (unpaired) electrons. The number of hydrogen-bond donors (Lipinski definition) is 0. The summed E-state index contributed by atoms with van der Waals surface area (Å²) in [7, 11) is 2.26. The van der Waals surface area contributed by atoms with Crippen molar-refractivity contribution in [3.63, 3.8) is 0 Å². The lowest BCUT2D eigenvalue weighted by atomic mass is 9.70. The van der Waals surface area contributed by atoms with Crippen molar-refractivity contribution in [3.8, 4) is 11.8 Å². The Bertz CT molecular complexity index is 1070. The van der Waals surface area contributed by atoms with Gasteiger partial charge in [0, 0.05) is 23.2 Å². The minimum Gasteiger partial charge on any atom is -0.466 e. The van der Waals surface area contributed by atoms with E-state index in [1.807, 2.05) is 0 Å². The predicted molar refractivity (Wildman–Crippen MR) is 125 cm³/mol. The zero-order chi connectivity index (χ0) is 22.9. The number of carbonyl (C=O) groups excluding carboxylic acids is 1. The molecule has 4 heteroatoms. The van der Waals surface area contributed by atoms with Crippen LogP contribution in [0.4, 0.5) is 4.39 Å². The Balaban J connectivity index is 1.56. The first-order valence-electron chi connectivity index (χ1n) is 11.6. The van der Waals surface area contributed by atoms with E-state index in [1.165, 1.54) is 36.5 Å². The van der Waals surface area contributed by atoms with E-state index in [0.29, 0.717) is 23.8 Å². The van der Waals surface area contributed by atoms with Crippen molar-refractivity contribution in [1.29, 1.82) is 0 Å². The van der Waals surface area contributed by atoms with Gasteiger partial charge in [-0.05, 0) is 86.0 Å². The molecule has 0 spiro atoms. The largest absolute Gasteiger partial charge is 0.466 e. The predicted octanol–water partition coefficient (Wildman–Crippen LogP) is 5.54. The molecular weight excluding hydrogens is 401 g/mol. The first kappa shape index (κ1) is 22.6. The number of nitrogens with zero attached hydrogens (tertiary/aromatic N) is 1. The molecule has 0 bridgehead atoms. The van der Waals surface area contributed by atoms with Gasteiger partial charge in [0.25, 0.3) is 0 Å².